The van der Waals surface area contributed by atoms with Gasteiger partial charge in [-0.3, -0.25) is 41.6 Å². The number of rotatable bonds is 7. The summed E-state index contributed by atoms with van der Waals surface area (Å²) in [5.74, 6) is -2.05. The van der Waals surface area contributed by atoms with Gasteiger partial charge >= 0.3 is 11.9 Å². The summed E-state index contributed by atoms with van der Waals surface area (Å²) in [4.78, 5) is 56.6. The minimum absolute atomic E-state index is 0.102. The molecule has 0 bridgehead atoms. The number of aromatic amines is 1. The summed E-state index contributed by atoms with van der Waals surface area (Å²) < 4.78 is 0. The van der Waals surface area contributed by atoms with Crippen molar-refractivity contribution in [2.24, 2.45) is 11.5 Å². The van der Waals surface area contributed by atoms with Crippen LogP contribution in [0.2, 0.25) is 0 Å². The highest BCUT2D eigenvalue weighted by atomic mass is 16.2. The third-order valence-corrected chi connectivity index (χ3v) is 5.47. The molecule has 4 amide bonds. The van der Waals surface area contributed by atoms with E-state index in [-0.39, 0.29) is 29.2 Å². The van der Waals surface area contributed by atoms with Gasteiger partial charge in [0.1, 0.15) is 11.4 Å². The number of guanidine groups is 1. The maximum Gasteiger partial charge on any atom is 0.346 e. The lowest BCUT2D eigenvalue weighted by molar-refractivity contribution is -0.347. The number of anilines is 1. The summed E-state index contributed by atoms with van der Waals surface area (Å²) in [5, 5.41) is 1.16. The molecule has 1 aliphatic heterocycles. The van der Waals surface area contributed by atoms with Gasteiger partial charge in [-0.05, 0) is 36.8 Å². The fourth-order valence-corrected chi connectivity index (χ4v) is 3.82. The number of H-pyrrole nitrogens is 1. The number of hydrogen-bond donors (Lipinski definition) is 6. The largest absolute Gasteiger partial charge is 0.346 e. The lowest BCUT2D eigenvalue weighted by Gasteiger charge is -2.27. The minimum atomic E-state index is -0.585. The molecule has 2 heterocycles. The normalized spacial score (nSPS) is 12.6. The Bertz CT molecular complexity index is 1330. The summed E-state index contributed by atoms with van der Waals surface area (Å²) in [6, 6.07) is 11.3. The van der Waals surface area contributed by atoms with Crippen LogP contribution < -0.4 is 27.3 Å². The maximum absolute atomic E-state index is 13.0. The molecule has 3 aromatic rings. The molecule has 174 valence electrons. The number of aromatic nitrogens is 1. The molecule has 0 saturated carbocycles. The van der Waals surface area contributed by atoms with Crippen LogP contribution in [0.1, 0.15) is 61.5 Å². The van der Waals surface area contributed by atoms with Gasteiger partial charge in [0.2, 0.25) is 0 Å². The van der Waals surface area contributed by atoms with Gasteiger partial charge in [-0.2, -0.15) is 0 Å². The number of hydrogen-bond acceptors (Lipinski definition) is 5. The zero-order valence-corrected chi connectivity index (χ0v) is 18.4. The van der Waals surface area contributed by atoms with Crippen molar-refractivity contribution in [2.45, 2.75) is 19.8 Å². The Kier molecular flexibility index (Phi) is 6.00. The van der Waals surface area contributed by atoms with Crippen LogP contribution in [0.5, 0.6) is 0 Å². The topological polar surface area (TPSA) is 177 Å². The van der Waals surface area contributed by atoms with E-state index in [1.54, 1.807) is 30.3 Å². The Morgan fingerprint density at radius 2 is 1.71 bits per heavy atom. The van der Waals surface area contributed by atoms with Crippen molar-refractivity contribution < 1.29 is 24.2 Å². The monoisotopic (exact) mass is 462 g/mol. The summed E-state index contributed by atoms with van der Waals surface area (Å²) in [6.45, 7) is 2.36. The molecule has 34 heavy (non-hydrogen) atoms. The van der Waals surface area contributed by atoms with Crippen molar-refractivity contribution in [3.63, 3.8) is 0 Å². The average Bonchev–Trinajstić information content (AvgIpc) is 3.31. The summed E-state index contributed by atoms with van der Waals surface area (Å²) in [5.41, 5.74) is 17.5. The number of carbonyl (C=O) groups is 4. The standard InChI is InChI=1S/C23H23N7O4/c1-2-3-11-30-21(33)13-6-4-5-12-15(8-7-14(18(12)13)22(30)34)28-29-20(32)17-10-9-16(26-17)19(31)27-23(24)25/h4-10,26,28H,2-3,11H2,1H3,(H,29,32)(H4,24,25,27,31)/p+1. The molecule has 11 nitrogen and oxygen atoms in total. The van der Waals surface area contributed by atoms with Gasteiger partial charge in [0, 0.05) is 28.4 Å². The first-order valence-electron chi connectivity index (χ1n) is 10.7. The van der Waals surface area contributed by atoms with Crippen LogP contribution in [0.25, 0.3) is 10.8 Å². The van der Waals surface area contributed by atoms with E-state index in [4.69, 9.17) is 11.5 Å². The Balaban J connectivity index is 1.57. The van der Waals surface area contributed by atoms with E-state index < -0.39 is 11.8 Å². The molecule has 1 aliphatic rings. The second kappa shape index (κ2) is 9.06. The Hall–Kier alpha value is -4.67. The molecule has 0 spiro atoms. The molecular weight excluding hydrogens is 438 g/mol. The third-order valence-electron chi connectivity index (χ3n) is 5.47. The van der Waals surface area contributed by atoms with E-state index in [9.17, 15) is 19.2 Å². The molecule has 0 saturated heterocycles. The van der Waals surface area contributed by atoms with Crippen LogP contribution in [-0.4, -0.2) is 46.0 Å². The molecule has 2 aromatic carbocycles. The van der Waals surface area contributed by atoms with Crippen LogP contribution in [0.3, 0.4) is 0 Å². The molecule has 0 fully saturated rings. The van der Waals surface area contributed by atoms with Crippen molar-refractivity contribution in [3.8, 4) is 0 Å². The molecule has 0 atom stereocenters. The predicted octanol–water partition coefficient (Wildman–Crippen LogP) is -0.185. The number of nitrogens with one attached hydrogen (secondary N) is 4. The van der Waals surface area contributed by atoms with Crippen LogP contribution in [0.15, 0.2) is 42.5 Å². The number of unbranched alkanes of at least 4 members (excludes halogenated alkanes) is 1. The molecule has 1 aromatic heterocycles. The number of benzene rings is 2. The van der Waals surface area contributed by atoms with Crippen LogP contribution in [0.4, 0.5) is 5.69 Å². The van der Waals surface area contributed by atoms with E-state index in [2.05, 4.69) is 20.8 Å². The molecule has 0 radical (unpaired) electrons. The van der Waals surface area contributed by atoms with Gasteiger partial charge in [-0.25, -0.2) is 9.79 Å². The van der Waals surface area contributed by atoms with Gasteiger partial charge in [0.25, 0.3) is 17.7 Å². The van der Waals surface area contributed by atoms with Crippen molar-refractivity contribution >= 4 is 46.0 Å². The number of imide groups is 1. The number of amides is 4. The highest BCUT2D eigenvalue weighted by Crippen LogP contribution is 2.34. The quantitative estimate of drug-likeness (QED) is 0.122. The lowest BCUT2D eigenvalue weighted by Crippen LogP contribution is -2.81. The second-order valence-electron chi connectivity index (χ2n) is 7.78. The highest BCUT2D eigenvalue weighted by Gasteiger charge is 2.32. The first kappa shape index (κ1) is 22.5. The van der Waals surface area contributed by atoms with Gasteiger partial charge in [-0.1, -0.05) is 25.5 Å². The number of hydrazine groups is 1. The fourth-order valence-electron chi connectivity index (χ4n) is 3.82. The van der Waals surface area contributed by atoms with Gasteiger partial charge in [0.05, 0.1) is 5.69 Å². The zero-order valence-electron chi connectivity index (χ0n) is 18.4. The van der Waals surface area contributed by atoms with E-state index >= 15 is 0 Å². The lowest BCUT2D eigenvalue weighted by atomic mass is 9.93. The van der Waals surface area contributed by atoms with E-state index in [0.717, 1.165) is 12.8 Å². The smallest absolute Gasteiger partial charge is 0.345 e. The SMILES string of the molecule is CCCCN1C(=O)c2cccc3c(NNC(=O)c4ccc(C(=O)[NH+]=C(N)N)[nH]4)ccc(c23)C1=O. The van der Waals surface area contributed by atoms with Crippen LogP contribution >= 0.6 is 0 Å². The Morgan fingerprint density at radius 1 is 1.00 bits per heavy atom. The highest BCUT2D eigenvalue weighted by molar-refractivity contribution is 6.26. The van der Waals surface area contributed by atoms with Crippen molar-refractivity contribution in [2.75, 3.05) is 12.0 Å². The van der Waals surface area contributed by atoms with Crippen molar-refractivity contribution in [3.05, 3.63) is 65.0 Å². The average molecular weight is 462 g/mol. The van der Waals surface area contributed by atoms with E-state index in [1.165, 1.54) is 17.0 Å². The molecular formula is C23H24N7O4+. The molecule has 8 N–H and O–H groups in total. The Labute approximate surface area is 194 Å². The van der Waals surface area contributed by atoms with Gasteiger partial charge in [0.15, 0.2) is 0 Å². The first-order chi connectivity index (χ1) is 16.3. The second-order valence-corrected chi connectivity index (χ2v) is 7.78. The van der Waals surface area contributed by atoms with Gasteiger partial charge < -0.3 is 4.98 Å². The summed E-state index contributed by atoms with van der Waals surface area (Å²) in [6.07, 6.45) is 1.59. The first-order valence-corrected chi connectivity index (χ1v) is 10.7. The van der Waals surface area contributed by atoms with Gasteiger partial charge in [-0.15, -0.1) is 0 Å². The summed E-state index contributed by atoms with van der Waals surface area (Å²) >= 11 is 0. The van der Waals surface area contributed by atoms with E-state index in [0.29, 0.717) is 34.1 Å². The maximum atomic E-state index is 13.0. The molecule has 4 rings (SSSR count). The number of carbonyl (C=O) groups excluding carboxylic acids is 4. The van der Waals surface area contributed by atoms with Crippen molar-refractivity contribution in [1.82, 2.24) is 15.3 Å². The number of nitrogens with two attached hydrogens (primary N) is 2. The number of nitrogens with zero attached hydrogens (tertiary/aromatic N) is 1. The van der Waals surface area contributed by atoms with Crippen LogP contribution in [-0.2, 0) is 0 Å². The fraction of sp³-hybridized carbons (Fsp3) is 0.174. The van der Waals surface area contributed by atoms with Crippen molar-refractivity contribution in [1.29, 1.82) is 0 Å². The minimum Gasteiger partial charge on any atom is -0.345 e. The zero-order chi connectivity index (χ0) is 24.4. The summed E-state index contributed by atoms with van der Waals surface area (Å²) in [7, 11) is 0. The van der Waals surface area contributed by atoms with Crippen LogP contribution in [0, 0.1) is 0 Å². The molecule has 11 heteroatoms. The Morgan fingerprint density at radius 3 is 2.41 bits per heavy atom. The third kappa shape index (κ3) is 4.06. The van der Waals surface area contributed by atoms with E-state index in [1.807, 2.05) is 6.92 Å². The molecule has 0 unspecified atom stereocenters. The predicted molar refractivity (Wildman–Crippen MR) is 125 cm³/mol. The molecule has 0 aliphatic carbocycles.